The molecule has 0 saturated carbocycles. The fourth-order valence-electron chi connectivity index (χ4n) is 5.20. The number of benzene rings is 6. The van der Waals surface area contributed by atoms with Crippen molar-refractivity contribution in [2.45, 2.75) is 12.8 Å². The van der Waals surface area contributed by atoms with Crippen molar-refractivity contribution in [3.8, 4) is 16.9 Å². The number of hydrogen-bond donors (Lipinski definition) is 7. The highest BCUT2D eigenvalue weighted by atomic mass is 31.2. The average Bonchev–Trinajstić information content (AvgIpc) is 2.99. The first-order valence-electron chi connectivity index (χ1n) is 13.3. The highest BCUT2D eigenvalue weighted by Crippen LogP contribution is 2.44. The van der Waals surface area contributed by atoms with E-state index in [1.807, 2.05) is 12.1 Å². The Bertz CT molecular complexity index is 1750. The van der Waals surface area contributed by atoms with Crippen LogP contribution in [0.3, 0.4) is 0 Å². The van der Waals surface area contributed by atoms with Crippen LogP contribution in [0, 0.1) is 0 Å². The molecule has 6 aromatic rings. The summed E-state index contributed by atoms with van der Waals surface area (Å²) < 4.78 is 0. The first-order chi connectivity index (χ1) is 20.7. The second-order valence-electron chi connectivity index (χ2n) is 9.65. The molecule has 0 unspecified atom stereocenters. The molecule has 0 aliphatic carbocycles. The van der Waals surface area contributed by atoms with E-state index in [0.717, 1.165) is 34.7 Å². The summed E-state index contributed by atoms with van der Waals surface area (Å²) in [7, 11) is -5.24. The Morgan fingerprint density at radius 2 is 0.884 bits per heavy atom. The number of phenolic OH excluding ortho intramolecular Hbond substituents is 1. The van der Waals surface area contributed by atoms with Crippen LogP contribution in [0.2, 0.25) is 0 Å². The third kappa shape index (κ3) is 8.88. The molecule has 0 heterocycles. The summed E-state index contributed by atoms with van der Waals surface area (Å²) in [6.07, 6.45) is 1.56. The van der Waals surface area contributed by atoms with Gasteiger partial charge in [-0.25, -0.2) is 0 Å². The van der Waals surface area contributed by atoms with E-state index in [4.69, 9.17) is 29.4 Å². The van der Waals surface area contributed by atoms with Gasteiger partial charge >= 0.3 is 17.2 Å². The molecule has 220 valence electrons. The minimum absolute atomic E-state index is 0.360. The minimum Gasteiger partial charge on any atom is -0.507 e. The van der Waals surface area contributed by atoms with Gasteiger partial charge in [-0.2, -0.15) is 0 Å². The van der Waals surface area contributed by atoms with E-state index < -0.39 is 17.2 Å². The van der Waals surface area contributed by atoms with Gasteiger partial charge in [0.05, 0.1) is 0 Å². The highest BCUT2D eigenvalue weighted by Gasteiger charge is 2.21. The summed E-state index contributed by atoms with van der Waals surface area (Å²) in [5, 5.41) is 16.1. The zero-order chi connectivity index (χ0) is 30.8. The van der Waals surface area contributed by atoms with Crippen molar-refractivity contribution in [3.63, 3.8) is 0 Å². The Morgan fingerprint density at radius 1 is 0.442 bits per heavy atom. The van der Waals surface area contributed by atoms with Crippen LogP contribution < -0.4 is 0 Å². The Morgan fingerprint density at radius 3 is 1.44 bits per heavy atom. The van der Waals surface area contributed by atoms with Gasteiger partial charge in [-0.15, -0.1) is 0 Å². The van der Waals surface area contributed by atoms with E-state index in [9.17, 15) is 5.11 Å². The van der Waals surface area contributed by atoms with Gasteiger partial charge in [0.15, 0.2) is 0 Å². The van der Waals surface area contributed by atoms with Gasteiger partial charge in [0.1, 0.15) is 5.75 Å². The predicted molar refractivity (Wildman–Crippen MR) is 174 cm³/mol. The van der Waals surface area contributed by atoms with Gasteiger partial charge in [0.2, 0.25) is 0 Å². The molecule has 43 heavy (non-hydrogen) atoms. The van der Waals surface area contributed by atoms with Gasteiger partial charge in [0, 0.05) is 10.9 Å². The molecule has 6 rings (SSSR count). The summed E-state index contributed by atoms with van der Waals surface area (Å²) in [6.45, 7) is 0. The van der Waals surface area contributed by atoms with Gasteiger partial charge < -0.3 is 34.5 Å². The largest absolute Gasteiger partial charge is 0.507 e. The van der Waals surface area contributed by atoms with Gasteiger partial charge in [-0.05, 0) is 62.9 Å². The molecule has 0 aliphatic heterocycles. The third-order valence-electron chi connectivity index (χ3n) is 6.90. The van der Waals surface area contributed by atoms with E-state index in [2.05, 4.69) is 115 Å². The fourth-order valence-corrected chi connectivity index (χ4v) is 5.20. The monoisotopic (exact) mass is 614 g/mol. The lowest BCUT2D eigenvalue weighted by atomic mass is 9.83. The molecule has 0 radical (unpaired) electrons. The van der Waals surface area contributed by atoms with E-state index >= 15 is 0 Å². The molecule has 0 aliphatic rings. The van der Waals surface area contributed by atoms with E-state index in [1.165, 1.54) is 33.0 Å². The van der Waals surface area contributed by atoms with Crippen molar-refractivity contribution in [1.82, 2.24) is 0 Å². The average molecular weight is 615 g/mol. The van der Waals surface area contributed by atoms with Crippen LogP contribution in [0.4, 0.5) is 0 Å². The number of aromatic hydroxyl groups is 1. The topological polar surface area (TPSA) is 142 Å². The van der Waals surface area contributed by atoms with Crippen LogP contribution >= 0.6 is 17.2 Å². The molecular formula is C34H32O7P2. The smallest absolute Gasteiger partial charge is 0.324 e. The second-order valence-corrected chi connectivity index (χ2v) is 10.7. The van der Waals surface area contributed by atoms with Crippen LogP contribution in [-0.2, 0) is 12.8 Å². The van der Waals surface area contributed by atoms with Crippen molar-refractivity contribution >= 4 is 38.7 Å². The Kier molecular flexibility index (Phi) is 11.7. The molecule has 0 spiro atoms. The number of phenols is 1. The predicted octanol–water partition coefficient (Wildman–Crippen LogP) is 6.93. The van der Waals surface area contributed by atoms with Crippen LogP contribution in [0.25, 0.3) is 32.7 Å². The standard InChI is InChI=1S/C34H26O.2H3O3P/c35-34-30-18-10-9-17-29(30)31(21-24-11-3-1-4-12-24)32(22-25-13-5-2-6-14-25)33(34)28-20-19-26-15-7-8-16-27(26)23-28;2*1-4(2)3/h1-20,23,35H,21-22H2;2*1-3H. The molecular weight excluding hydrogens is 582 g/mol. The highest BCUT2D eigenvalue weighted by molar-refractivity contribution is 7.38. The van der Waals surface area contributed by atoms with Crippen molar-refractivity contribution in [2.24, 2.45) is 0 Å². The lowest BCUT2D eigenvalue weighted by Gasteiger charge is -2.21. The lowest BCUT2D eigenvalue weighted by Crippen LogP contribution is -2.03. The Balaban J connectivity index is 0.000000474. The summed E-state index contributed by atoms with van der Waals surface area (Å²) in [5.41, 5.74) is 6.94. The summed E-state index contributed by atoms with van der Waals surface area (Å²) >= 11 is 0. The van der Waals surface area contributed by atoms with Gasteiger partial charge in [-0.1, -0.05) is 121 Å². The molecule has 0 bridgehead atoms. The minimum atomic E-state index is -2.62. The molecule has 0 saturated heterocycles. The fraction of sp³-hybridized carbons (Fsp3) is 0.0588. The maximum absolute atomic E-state index is 11.7. The van der Waals surface area contributed by atoms with Crippen molar-refractivity contribution < 1.29 is 34.5 Å². The molecule has 0 fully saturated rings. The number of fused-ring (bicyclic) bond motifs is 2. The van der Waals surface area contributed by atoms with E-state index in [1.54, 1.807) is 0 Å². The Labute approximate surface area is 252 Å². The van der Waals surface area contributed by atoms with Crippen LogP contribution in [-0.4, -0.2) is 34.5 Å². The van der Waals surface area contributed by atoms with Crippen molar-refractivity contribution in [2.75, 3.05) is 0 Å². The molecule has 0 amide bonds. The van der Waals surface area contributed by atoms with Crippen molar-refractivity contribution in [3.05, 3.63) is 150 Å². The normalized spacial score (nSPS) is 10.8. The van der Waals surface area contributed by atoms with E-state index in [0.29, 0.717) is 5.75 Å². The second kappa shape index (κ2) is 15.6. The summed E-state index contributed by atoms with van der Waals surface area (Å²) in [4.78, 5) is 43.4. The van der Waals surface area contributed by atoms with Crippen LogP contribution in [0.5, 0.6) is 5.75 Å². The maximum Gasteiger partial charge on any atom is 0.324 e. The van der Waals surface area contributed by atoms with E-state index in [-0.39, 0.29) is 0 Å². The first-order valence-corrected chi connectivity index (χ1v) is 15.7. The Hall–Kier alpha value is -3.74. The van der Waals surface area contributed by atoms with Crippen molar-refractivity contribution in [1.29, 1.82) is 0 Å². The molecule has 7 N–H and O–H groups in total. The molecule has 0 aromatic heterocycles. The zero-order valence-electron chi connectivity index (χ0n) is 23.1. The quantitative estimate of drug-likeness (QED) is 0.104. The molecule has 0 atom stereocenters. The third-order valence-corrected chi connectivity index (χ3v) is 6.90. The summed E-state index contributed by atoms with van der Waals surface area (Å²) in [5.74, 6) is 0.360. The molecule has 9 heteroatoms. The van der Waals surface area contributed by atoms with Gasteiger partial charge in [0.25, 0.3) is 0 Å². The molecule has 6 aromatic carbocycles. The number of rotatable bonds is 5. The number of hydrogen-bond acceptors (Lipinski definition) is 7. The maximum atomic E-state index is 11.7. The SMILES string of the molecule is OP(O)O.OP(O)O.Oc1c(-c2ccc3ccccc3c2)c(Cc2ccccc2)c(Cc2ccccc2)c2ccccc12. The van der Waals surface area contributed by atoms with Gasteiger partial charge in [-0.3, -0.25) is 0 Å². The summed E-state index contributed by atoms with van der Waals surface area (Å²) in [6, 6.07) is 44.4. The zero-order valence-corrected chi connectivity index (χ0v) is 24.9. The van der Waals surface area contributed by atoms with Crippen LogP contribution in [0.1, 0.15) is 22.3 Å². The lowest BCUT2D eigenvalue weighted by molar-refractivity contribution is 0.366. The van der Waals surface area contributed by atoms with Crippen LogP contribution in [0.15, 0.2) is 127 Å². The first kappa shape index (κ1) is 32.2. The molecule has 7 nitrogen and oxygen atoms in total.